The van der Waals surface area contributed by atoms with Crippen LogP contribution in [-0.2, 0) is 7.05 Å². The minimum atomic E-state index is -0.394. The Balaban J connectivity index is 1.75. The van der Waals surface area contributed by atoms with Gasteiger partial charge in [-0.1, -0.05) is 11.3 Å². The lowest BCUT2D eigenvalue weighted by atomic mass is 10.4. The second-order valence-electron chi connectivity index (χ2n) is 4.35. The Bertz CT molecular complexity index is 688. The topological polar surface area (TPSA) is 89.8 Å². The van der Waals surface area contributed by atoms with Gasteiger partial charge in [-0.05, 0) is 18.9 Å². The predicted octanol–water partition coefficient (Wildman–Crippen LogP) is 0.761. The fourth-order valence-corrected chi connectivity index (χ4v) is 2.47. The molecule has 98 valence electrons. The van der Waals surface area contributed by atoms with Crippen LogP contribution in [0.25, 0.3) is 0 Å². The Morgan fingerprint density at radius 3 is 2.89 bits per heavy atom. The van der Waals surface area contributed by atoms with Crippen LogP contribution in [0.3, 0.4) is 0 Å². The highest BCUT2D eigenvalue weighted by Gasteiger charge is 2.27. The summed E-state index contributed by atoms with van der Waals surface area (Å²) in [6, 6.07) is 2.69. The van der Waals surface area contributed by atoms with Gasteiger partial charge in [-0.3, -0.25) is 14.9 Å². The second kappa shape index (κ2) is 4.54. The van der Waals surface area contributed by atoms with E-state index in [9.17, 15) is 9.59 Å². The van der Waals surface area contributed by atoms with E-state index in [1.54, 1.807) is 0 Å². The highest BCUT2D eigenvalue weighted by Crippen LogP contribution is 2.42. The van der Waals surface area contributed by atoms with Gasteiger partial charge in [0.15, 0.2) is 0 Å². The van der Waals surface area contributed by atoms with E-state index < -0.39 is 5.91 Å². The Morgan fingerprint density at radius 2 is 2.21 bits per heavy atom. The van der Waals surface area contributed by atoms with E-state index in [0.29, 0.717) is 11.0 Å². The van der Waals surface area contributed by atoms with Crippen molar-refractivity contribution in [1.29, 1.82) is 0 Å². The Kier molecular flexibility index (Phi) is 2.86. The molecule has 0 atom stereocenters. The third-order valence-corrected chi connectivity index (χ3v) is 3.78. The summed E-state index contributed by atoms with van der Waals surface area (Å²) < 4.78 is 1.12. The quantitative estimate of drug-likeness (QED) is 0.894. The molecule has 1 fully saturated rings. The molecule has 1 saturated carbocycles. The number of nitrogens with one attached hydrogen (secondary N) is 1. The van der Waals surface area contributed by atoms with E-state index in [1.807, 2.05) is 0 Å². The number of amides is 1. The third kappa shape index (κ3) is 2.53. The molecule has 0 radical (unpaired) electrons. The van der Waals surface area contributed by atoms with Crippen LogP contribution in [0.15, 0.2) is 16.9 Å². The highest BCUT2D eigenvalue weighted by molar-refractivity contribution is 7.15. The first kappa shape index (κ1) is 12.0. The van der Waals surface area contributed by atoms with Crippen molar-refractivity contribution in [2.24, 2.45) is 7.05 Å². The molecule has 2 heterocycles. The summed E-state index contributed by atoms with van der Waals surface area (Å²) in [5, 5.41) is 15.9. The van der Waals surface area contributed by atoms with Crippen LogP contribution in [0.2, 0.25) is 0 Å². The maximum Gasteiger partial charge on any atom is 0.277 e. The molecule has 1 N–H and O–H groups in total. The van der Waals surface area contributed by atoms with Crippen LogP contribution in [0.1, 0.15) is 34.3 Å². The molecule has 0 spiro atoms. The van der Waals surface area contributed by atoms with Crippen LogP contribution in [0.5, 0.6) is 0 Å². The normalized spacial score (nSPS) is 14.4. The van der Waals surface area contributed by atoms with Crippen molar-refractivity contribution in [2.45, 2.75) is 18.8 Å². The first-order valence-electron chi connectivity index (χ1n) is 5.82. The SMILES string of the molecule is Cn1nc(C(=O)Nc2nnc(C3CC3)s2)ccc1=O. The smallest absolute Gasteiger partial charge is 0.277 e. The number of aromatic nitrogens is 4. The van der Waals surface area contributed by atoms with Gasteiger partial charge in [-0.25, -0.2) is 4.68 Å². The van der Waals surface area contributed by atoms with Crippen molar-refractivity contribution in [3.63, 3.8) is 0 Å². The molecule has 8 heteroatoms. The first-order chi connectivity index (χ1) is 9.13. The molecule has 0 unspecified atom stereocenters. The summed E-state index contributed by atoms with van der Waals surface area (Å²) in [5.41, 5.74) is -0.0891. The number of nitrogens with zero attached hydrogens (tertiary/aromatic N) is 4. The maximum absolute atomic E-state index is 11.9. The number of carbonyl (C=O) groups excluding carboxylic acids is 1. The largest absolute Gasteiger partial charge is 0.295 e. The average Bonchev–Trinajstić information content (AvgIpc) is 3.14. The standard InChI is InChI=1S/C11H11N5O2S/c1-16-8(17)5-4-7(15-16)9(18)12-11-14-13-10(19-11)6-2-3-6/h4-6H,2-3H2,1H3,(H,12,14,18). The van der Waals surface area contributed by atoms with E-state index in [0.717, 1.165) is 22.5 Å². The summed E-state index contributed by atoms with van der Waals surface area (Å²) >= 11 is 1.38. The molecule has 2 aromatic rings. The zero-order chi connectivity index (χ0) is 13.4. The van der Waals surface area contributed by atoms with Crippen LogP contribution in [-0.4, -0.2) is 25.9 Å². The van der Waals surface area contributed by atoms with Gasteiger partial charge in [0.05, 0.1) is 0 Å². The van der Waals surface area contributed by atoms with Crippen molar-refractivity contribution in [2.75, 3.05) is 5.32 Å². The fraction of sp³-hybridized carbons (Fsp3) is 0.364. The lowest BCUT2D eigenvalue weighted by Crippen LogP contribution is -2.23. The Labute approximate surface area is 112 Å². The van der Waals surface area contributed by atoms with Crippen LogP contribution >= 0.6 is 11.3 Å². The molecule has 0 bridgehead atoms. The summed E-state index contributed by atoms with van der Waals surface area (Å²) in [6.07, 6.45) is 2.29. The lowest BCUT2D eigenvalue weighted by Gasteiger charge is -2.01. The molecular formula is C11H11N5O2S. The van der Waals surface area contributed by atoms with E-state index in [1.165, 1.54) is 30.5 Å². The number of anilines is 1. The van der Waals surface area contributed by atoms with Gasteiger partial charge in [-0.15, -0.1) is 10.2 Å². The molecule has 7 nitrogen and oxygen atoms in total. The Morgan fingerprint density at radius 1 is 1.42 bits per heavy atom. The Hall–Kier alpha value is -2.09. The summed E-state index contributed by atoms with van der Waals surface area (Å²) in [5.74, 6) is 0.118. The van der Waals surface area contributed by atoms with Gasteiger partial charge in [-0.2, -0.15) is 5.10 Å². The molecule has 19 heavy (non-hydrogen) atoms. The van der Waals surface area contributed by atoms with Crippen LogP contribution < -0.4 is 10.9 Å². The van der Waals surface area contributed by atoms with Gasteiger partial charge in [0.25, 0.3) is 11.5 Å². The summed E-state index contributed by atoms with van der Waals surface area (Å²) in [4.78, 5) is 23.1. The van der Waals surface area contributed by atoms with Gasteiger partial charge in [0.1, 0.15) is 10.7 Å². The van der Waals surface area contributed by atoms with Gasteiger partial charge in [0, 0.05) is 19.0 Å². The van der Waals surface area contributed by atoms with E-state index in [2.05, 4.69) is 20.6 Å². The fourth-order valence-electron chi connectivity index (χ4n) is 1.56. The molecule has 0 aliphatic heterocycles. The van der Waals surface area contributed by atoms with Crippen molar-refractivity contribution in [3.05, 3.63) is 33.2 Å². The number of aryl methyl sites for hydroxylation is 1. The van der Waals surface area contributed by atoms with Crippen LogP contribution in [0.4, 0.5) is 5.13 Å². The van der Waals surface area contributed by atoms with Crippen molar-refractivity contribution < 1.29 is 4.79 Å². The van der Waals surface area contributed by atoms with E-state index in [4.69, 9.17) is 0 Å². The third-order valence-electron chi connectivity index (χ3n) is 2.78. The van der Waals surface area contributed by atoms with E-state index in [-0.39, 0.29) is 11.3 Å². The average molecular weight is 277 g/mol. The van der Waals surface area contributed by atoms with Gasteiger partial charge < -0.3 is 0 Å². The first-order valence-corrected chi connectivity index (χ1v) is 6.64. The zero-order valence-corrected chi connectivity index (χ0v) is 11.0. The van der Waals surface area contributed by atoms with Crippen LogP contribution in [0, 0.1) is 0 Å². The molecule has 0 saturated heterocycles. The lowest BCUT2D eigenvalue weighted by molar-refractivity contribution is 0.102. The summed E-state index contributed by atoms with van der Waals surface area (Å²) in [7, 11) is 1.50. The number of rotatable bonds is 3. The summed E-state index contributed by atoms with van der Waals surface area (Å²) in [6.45, 7) is 0. The van der Waals surface area contributed by atoms with Gasteiger partial charge >= 0.3 is 0 Å². The molecule has 1 amide bonds. The number of hydrogen-bond acceptors (Lipinski definition) is 6. The molecule has 3 rings (SSSR count). The predicted molar refractivity (Wildman–Crippen MR) is 69.3 cm³/mol. The van der Waals surface area contributed by atoms with Crippen molar-refractivity contribution in [1.82, 2.24) is 20.0 Å². The molecule has 2 aromatic heterocycles. The number of hydrogen-bond donors (Lipinski definition) is 1. The van der Waals surface area contributed by atoms with E-state index >= 15 is 0 Å². The highest BCUT2D eigenvalue weighted by atomic mass is 32.1. The molecular weight excluding hydrogens is 266 g/mol. The second-order valence-corrected chi connectivity index (χ2v) is 5.36. The minimum absolute atomic E-state index is 0.172. The van der Waals surface area contributed by atoms with Gasteiger partial charge in [0.2, 0.25) is 5.13 Å². The minimum Gasteiger partial charge on any atom is -0.295 e. The number of carbonyl (C=O) groups is 1. The zero-order valence-electron chi connectivity index (χ0n) is 10.2. The molecule has 0 aromatic carbocycles. The molecule has 1 aliphatic rings. The maximum atomic E-state index is 11.9. The van der Waals surface area contributed by atoms with Crippen molar-refractivity contribution >= 4 is 22.4 Å². The monoisotopic (exact) mass is 277 g/mol. The molecule has 1 aliphatic carbocycles. The van der Waals surface area contributed by atoms with Crippen molar-refractivity contribution in [3.8, 4) is 0 Å².